The van der Waals surface area contributed by atoms with Crippen LogP contribution in [-0.4, -0.2) is 69.7 Å². The van der Waals surface area contributed by atoms with E-state index in [-0.39, 0.29) is 6.04 Å². The third-order valence-electron chi connectivity index (χ3n) is 5.25. The minimum Gasteiger partial charge on any atom is -0.379 e. The fourth-order valence-electron chi connectivity index (χ4n) is 3.67. The van der Waals surface area contributed by atoms with Crippen molar-refractivity contribution in [2.24, 2.45) is 5.73 Å². The summed E-state index contributed by atoms with van der Waals surface area (Å²) >= 11 is 0. The highest BCUT2D eigenvalue weighted by Gasteiger charge is 2.19. The summed E-state index contributed by atoms with van der Waals surface area (Å²) in [6.07, 6.45) is 1.57. The van der Waals surface area contributed by atoms with E-state index in [1.165, 1.54) is 0 Å². The first-order valence-corrected chi connectivity index (χ1v) is 10.2. The number of nitrogens with two attached hydrogens (primary N) is 1. The molecule has 1 fully saturated rings. The Kier molecular flexibility index (Phi) is 5.91. The molecule has 0 spiro atoms. The number of fused-ring (bicyclic) bond motifs is 1. The van der Waals surface area contributed by atoms with Crippen LogP contribution < -0.4 is 11.1 Å². The highest BCUT2D eigenvalue weighted by atomic mass is 16.5. The summed E-state index contributed by atoms with van der Waals surface area (Å²) in [5.74, 6) is 1.06. The van der Waals surface area contributed by atoms with E-state index >= 15 is 0 Å². The van der Waals surface area contributed by atoms with Crippen molar-refractivity contribution in [3.05, 3.63) is 36.2 Å². The molecule has 3 aromatic rings. The summed E-state index contributed by atoms with van der Waals surface area (Å²) in [5.41, 5.74) is 8.25. The van der Waals surface area contributed by atoms with Crippen molar-refractivity contribution in [3.8, 4) is 11.4 Å². The van der Waals surface area contributed by atoms with Crippen molar-refractivity contribution in [2.75, 3.05) is 44.7 Å². The fourth-order valence-corrected chi connectivity index (χ4v) is 3.67. The molecule has 9 nitrogen and oxygen atoms in total. The number of primary amides is 1. The van der Waals surface area contributed by atoms with Gasteiger partial charge in [-0.05, 0) is 26.0 Å². The first-order valence-electron chi connectivity index (χ1n) is 10.2. The number of nitrogens with one attached hydrogen (secondary N) is 1. The normalized spacial score (nSPS) is 15.0. The molecule has 1 amide bonds. The van der Waals surface area contributed by atoms with E-state index in [4.69, 9.17) is 15.5 Å². The van der Waals surface area contributed by atoms with Gasteiger partial charge in [0.05, 0.1) is 13.2 Å². The summed E-state index contributed by atoms with van der Waals surface area (Å²) in [6.45, 7) is 9.35. The molecular weight excluding hydrogens is 382 g/mol. The SMILES string of the molecule is CC(C)n1c(-c2ccc(C(N)=O)cc2)nc2c(NCCN3CCOCC3)ncnc21. The van der Waals surface area contributed by atoms with Gasteiger partial charge in [-0.15, -0.1) is 0 Å². The summed E-state index contributed by atoms with van der Waals surface area (Å²) in [6, 6.07) is 7.30. The third-order valence-corrected chi connectivity index (χ3v) is 5.25. The Labute approximate surface area is 175 Å². The molecule has 9 heteroatoms. The van der Waals surface area contributed by atoms with Crippen molar-refractivity contribution in [1.29, 1.82) is 0 Å². The minimum atomic E-state index is -0.448. The molecule has 0 atom stereocenters. The number of imidazole rings is 1. The van der Waals surface area contributed by atoms with Gasteiger partial charge in [-0.3, -0.25) is 9.69 Å². The number of carbonyl (C=O) groups excluding carboxylic acids is 1. The molecule has 1 aliphatic rings. The van der Waals surface area contributed by atoms with Gasteiger partial charge in [0.2, 0.25) is 5.91 Å². The second kappa shape index (κ2) is 8.76. The van der Waals surface area contributed by atoms with E-state index in [1.54, 1.807) is 18.5 Å². The predicted octanol–water partition coefficient (Wildman–Crippen LogP) is 1.92. The number of nitrogens with zero attached hydrogens (tertiary/aromatic N) is 5. The molecule has 0 saturated carbocycles. The van der Waals surface area contributed by atoms with Crippen LogP contribution in [0.5, 0.6) is 0 Å². The Morgan fingerprint density at radius 3 is 2.60 bits per heavy atom. The second-order valence-electron chi connectivity index (χ2n) is 7.62. The van der Waals surface area contributed by atoms with E-state index < -0.39 is 5.91 Å². The molecule has 0 unspecified atom stereocenters. The third kappa shape index (κ3) is 4.12. The smallest absolute Gasteiger partial charge is 0.248 e. The molecule has 0 bridgehead atoms. The number of rotatable bonds is 7. The maximum absolute atomic E-state index is 11.4. The second-order valence-corrected chi connectivity index (χ2v) is 7.62. The van der Waals surface area contributed by atoms with Crippen LogP contribution in [0.1, 0.15) is 30.2 Å². The summed E-state index contributed by atoms with van der Waals surface area (Å²) in [7, 11) is 0. The average molecular weight is 409 g/mol. The van der Waals surface area contributed by atoms with Gasteiger partial charge in [0.15, 0.2) is 17.0 Å². The maximum Gasteiger partial charge on any atom is 0.248 e. The number of morpholine rings is 1. The summed E-state index contributed by atoms with van der Waals surface area (Å²) in [4.78, 5) is 27.6. The molecular formula is C21H27N7O2. The number of anilines is 1. The van der Waals surface area contributed by atoms with E-state index in [2.05, 4.69) is 38.6 Å². The topological polar surface area (TPSA) is 111 Å². The lowest BCUT2D eigenvalue weighted by atomic mass is 10.1. The predicted molar refractivity (Wildman–Crippen MR) is 115 cm³/mol. The number of aromatic nitrogens is 4. The first-order chi connectivity index (χ1) is 14.5. The lowest BCUT2D eigenvalue weighted by Gasteiger charge is -2.26. The average Bonchev–Trinajstić information content (AvgIpc) is 3.15. The summed E-state index contributed by atoms with van der Waals surface area (Å²) < 4.78 is 7.49. The largest absolute Gasteiger partial charge is 0.379 e. The molecule has 30 heavy (non-hydrogen) atoms. The van der Waals surface area contributed by atoms with E-state index in [1.807, 2.05) is 12.1 Å². The van der Waals surface area contributed by atoms with Crippen LogP contribution in [0.3, 0.4) is 0 Å². The molecule has 0 radical (unpaired) electrons. The molecule has 1 saturated heterocycles. The van der Waals surface area contributed by atoms with Crippen molar-refractivity contribution < 1.29 is 9.53 Å². The van der Waals surface area contributed by atoms with Crippen LogP contribution in [0, 0.1) is 0 Å². The van der Waals surface area contributed by atoms with Gasteiger partial charge in [-0.1, -0.05) is 12.1 Å². The Hall–Kier alpha value is -3.04. The van der Waals surface area contributed by atoms with Crippen molar-refractivity contribution in [2.45, 2.75) is 19.9 Å². The fraction of sp³-hybridized carbons (Fsp3) is 0.429. The lowest BCUT2D eigenvalue weighted by Crippen LogP contribution is -2.39. The molecule has 0 aliphatic carbocycles. The van der Waals surface area contributed by atoms with Gasteiger partial charge >= 0.3 is 0 Å². The Morgan fingerprint density at radius 2 is 1.93 bits per heavy atom. The molecule has 158 valence electrons. The van der Waals surface area contributed by atoms with Gasteiger partial charge < -0.3 is 20.4 Å². The van der Waals surface area contributed by atoms with E-state index in [0.29, 0.717) is 5.56 Å². The monoisotopic (exact) mass is 409 g/mol. The van der Waals surface area contributed by atoms with E-state index in [0.717, 1.165) is 67.8 Å². The van der Waals surface area contributed by atoms with Gasteiger partial charge in [0.25, 0.3) is 0 Å². The maximum atomic E-state index is 11.4. The van der Waals surface area contributed by atoms with Gasteiger partial charge in [0, 0.05) is 43.3 Å². The van der Waals surface area contributed by atoms with Gasteiger partial charge in [-0.2, -0.15) is 0 Å². The van der Waals surface area contributed by atoms with Crippen LogP contribution in [0.4, 0.5) is 5.82 Å². The Balaban J connectivity index is 1.63. The zero-order chi connectivity index (χ0) is 21.1. The number of amides is 1. The number of ether oxygens (including phenoxy) is 1. The van der Waals surface area contributed by atoms with Crippen molar-refractivity contribution in [1.82, 2.24) is 24.4 Å². The molecule has 1 aliphatic heterocycles. The molecule has 3 N–H and O–H groups in total. The zero-order valence-corrected chi connectivity index (χ0v) is 17.3. The standard InChI is InChI=1S/C21H27N7O2/c1-14(2)28-20(16-5-3-15(4-6-16)18(22)29)26-17-19(24-13-25-21(17)28)23-7-8-27-9-11-30-12-10-27/h3-6,13-14H,7-12H2,1-2H3,(H2,22,29)(H,23,24,25). The highest BCUT2D eigenvalue weighted by Crippen LogP contribution is 2.30. The number of benzene rings is 1. The van der Waals surface area contributed by atoms with Crippen LogP contribution in [0.2, 0.25) is 0 Å². The van der Waals surface area contributed by atoms with Gasteiger partial charge in [-0.25, -0.2) is 15.0 Å². The molecule has 1 aromatic carbocycles. The van der Waals surface area contributed by atoms with Crippen LogP contribution >= 0.6 is 0 Å². The summed E-state index contributed by atoms with van der Waals surface area (Å²) in [5, 5.41) is 3.42. The zero-order valence-electron chi connectivity index (χ0n) is 17.3. The minimum absolute atomic E-state index is 0.150. The molecule has 3 heterocycles. The van der Waals surface area contributed by atoms with Crippen molar-refractivity contribution in [3.63, 3.8) is 0 Å². The molecule has 2 aromatic heterocycles. The lowest BCUT2D eigenvalue weighted by molar-refractivity contribution is 0.0398. The number of carbonyl (C=O) groups is 1. The van der Waals surface area contributed by atoms with E-state index in [9.17, 15) is 4.79 Å². The number of hydrogen-bond donors (Lipinski definition) is 2. The quantitative estimate of drug-likeness (QED) is 0.613. The van der Waals surface area contributed by atoms with Crippen LogP contribution in [-0.2, 0) is 4.74 Å². The highest BCUT2D eigenvalue weighted by molar-refractivity contribution is 5.93. The van der Waals surface area contributed by atoms with Crippen molar-refractivity contribution >= 4 is 22.9 Å². The van der Waals surface area contributed by atoms with Crippen LogP contribution in [0.25, 0.3) is 22.6 Å². The van der Waals surface area contributed by atoms with Crippen LogP contribution in [0.15, 0.2) is 30.6 Å². The Bertz CT molecular complexity index is 1020. The first kappa shape index (κ1) is 20.2. The number of hydrogen-bond acceptors (Lipinski definition) is 7. The van der Waals surface area contributed by atoms with Gasteiger partial charge in [0.1, 0.15) is 12.2 Å². The molecule has 4 rings (SSSR count). The Morgan fingerprint density at radius 1 is 1.20 bits per heavy atom.